The van der Waals surface area contributed by atoms with E-state index in [2.05, 4.69) is 5.32 Å². The SMILES string of the molecule is C[C@@H](NC(=O)COC(=O)[C@H](C)N1C(=O)c2c(Cl)c(Cl)c(Cl)c(Cl)c2C1=O)c1ccccc1. The molecular weight excluding hydrogens is 502 g/mol. The van der Waals surface area contributed by atoms with Crippen LogP contribution in [-0.2, 0) is 14.3 Å². The normalized spacial score (nSPS) is 14.8. The van der Waals surface area contributed by atoms with Crippen molar-refractivity contribution in [2.45, 2.75) is 25.9 Å². The third-order valence-electron chi connectivity index (χ3n) is 4.88. The molecule has 0 spiro atoms. The number of carbonyl (C=O) groups is 4. The van der Waals surface area contributed by atoms with Crippen LogP contribution in [0.2, 0.25) is 20.1 Å². The van der Waals surface area contributed by atoms with E-state index in [4.69, 9.17) is 51.1 Å². The van der Waals surface area contributed by atoms with Crippen molar-refractivity contribution in [1.82, 2.24) is 10.2 Å². The number of benzene rings is 2. The number of nitrogens with one attached hydrogen (secondary N) is 1. The van der Waals surface area contributed by atoms with Gasteiger partial charge in [0, 0.05) is 0 Å². The third kappa shape index (κ3) is 4.43. The van der Waals surface area contributed by atoms with Gasteiger partial charge >= 0.3 is 5.97 Å². The molecule has 0 aromatic heterocycles. The van der Waals surface area contributed by atoms with Crippen LogP contribution in [-0.4, -0.2) is 41.2 Å². The monoisotopic (exact) mass is 516 g/mol. The molecule has 32 heavy (non-hydrogen) atoms. The fraction of sp³-hybridized carbons (Fsp3) is 0.238. The maximum Gasteiger partial charge on any atom is 0.329 e. The molecule has 3 amide bonds. The summed E-state index contributed by atoms with van der Waals surface area (Å²) >= 11 is 24.1. The highest BCUT2D eigenvalue weighted by atomic mass is 35.5. The fourth-order valence-corrected chi connectivity index (χ4v) is 4.20. The molecule has 2 atom stereocenters. The molecule has 7 nitrogen and oxygen atoms in total. The number of esters is 1. The first-order valence-corrected chi connectivity index (χ1v) is 10.8. The Morgan fingerprint density at radius 2 is 1.41 bits per heavy atom. The Bertz CT molecular complexity index is 1080. The van der Waals surface area contributed by atoms with Crippen LogP contribution in [0.15, 0.2) is 30.3 Å². The summed E-state index contributed by atoms with van der Waals surface area (Å²) in [5.74, 6) is -3.26. The van der Waals surface area contributed by atoms with Crippen molar-refractivity contribution in [2.75, 3.05) is 6.61 Å². The van der Waals surface area contributed by atoms with Crippen molar-refractivity contribution in [1.29, 1.82) is 0 Å². The molecule has 1 aliphatic rings. The summed E-state index contributed by atoms with van der Waals surface area (Å²) in [5.41, 5.74) is 0.382. The Kier molecular flexibility index (Phi) is 7.35. The highest BCUT2D eigenvalue weighted by Gasteiger charge is 2.45. The molecule has 0 bridgehead atoms. The highest BCUT2D eigenvalue weighted by Crippen LogP contribution is 2.45. The zero-order valence-corrected chi connectivity index (χ0v) is 19.8. The van der Waals surface area contributed by atoms with Gasteiger partial charge in [-0.15, -0.1) is 0 Å². The molecule has 11 heteroatoms. The number of amides is 3. The van der Waals surface area contributed by atoms with E-state index in [0.717, 1.165) is 5.56 Å². The Balaban J connectivity index is 1.68. The minimum absolute atomic E-state index is 0.181. The van der Waals surface area contributed by atoms with Crippen LogP contribution in [0, 0.1) is 0 Å². The molecule has 0 saturated heterocycles. The van der Waals surface area contributed by atoms with E-state index in [1.807, 2.05) is 30.3 Å². The van der Waals surface area contributed by atoms with Crippen molar-refractivity contribution in [3.8, 4) is 0 Å². The number of rotatable bonds is 6. The van der Waals surface area contributed by atoms with Crippen molar-refractivity contribution < 1.29 is 23.9 Å². The number of hydrogen-bond donors (Lipinski definition) is 1. The van der Waals surface area contributed by atoms with Crippen LogP contribution in [0.3, 0.4) is 0 Å². The van der Waals surface area contributed by atoms with Crippen LogP contribution in [0.5, 0.6) is 0 Å². The van der Waals surface area contributed by atoms with E-state index < -0.39 is 36.3 Å². The molecule has 1 aliphatic heterocycles. The standard InChI is InChI=1S/C21H16Cl4N2O5/c1-9(11-6-4-3-5-7-11)26-12(28)8-32-21(31)10(2)27-19(29)13-14(20(27)30)16(23)18(25)17(24)15(13)22/h3-7,9-10H,8H2,1-2H3,(H,26,28)/t9-,10+/m1/s1. The van der Waals surface area contributed by atoms with Gasteiger partial charge in [-0.25, -0.2) is 4.79 Å². The van der Waals surface area contributed by atoms with Gasteiger partial charge in [0.05, 0.1) is 37.3 Å². The first-order chi connectivity index (χ1) is 15.1. The van der Waals surface area contributed by atoms with E-state index in [-0.39, 0.29) is 37.3 Å². The van der Waals surface area contributed by atoms with E-state index in [1.165, 1.54) is 6.92 Å². The molecular formula is C21H16Cl4N2O5. The number of hydrogen-bond acceptors (Lipinski definition) is 5. The molecule has 2 aromatic carbocycles. The number of carbonyl (C=O) groups excluding carboxylic acids is 4. The topological polar surface area (TPSA) is 92.8 Å². The van der Waals surface area contributed by atoms with Crippen molar-refractivity contribution in [2.24, 2.45) is 0 Å². The van der Waals surface area contributed by atoms with Crippen molar-refractivity contribution in [3.05, 3.63) is 67.1 Å². The van der Waals surface area contributed by atoms with Gasteiger partial charge in [0.1, 0.15) is 6.04 Å². The third-order valence-corrected chi connectivity index (χ3v) is 6.69. The van der Waals surface area contributed by atoms with Gasteiger partial charge in [-0.1, -0.05) is 76.7 Å². The fourth-order valence-electron chi connectivity index (χ4n) is 3.19. The molecule has 0 unspecified atom stereocenters. The molecule has 3 rings (SSSR count). The van der Waals surface area contributed by atoms with E-state index in [0.29, 0.717) is 4.90 Å². The number of fused-ring (bicyclic) bond motifs is 1. The van der Waals surface area contributed by atoms with Crippen LogP contribution in [0.25, 0.3) is 0 Å². The van der Waals surface area contributed by atoms with Gasteiger partial charge in [0.15, 0.2) is 6.61 Å². The molecule has 0 fully saturated rings. The lowest BCUT2D eigenvalue weighted by atomic mass is 10.1. The molecule has 1 heterocycles. The van der Waals surface area contributed by atoms with Crippen molar-refractivity contribution in [3.63, 3.8) is 0 Å². The lowest BCUT2D eigenvalue weighted by Gasteiger charge is -2.21. The largest absolute Gasteiger partial charge is 0.454 e. The van der Waals surface area contributed by atoms with E-state index >= 15 is 0 Å². The maximum absolute atomic E-state index is 12.8. The minimum Gasteiger partial charge on any atom is -0.454 e. The molecule has 0 radical (unpaired) electrons. The van der Waals surface area contributed by atoms with Crippen LogP contribution in [0.1, 0.15) is 46.2 Å². The van der Waals surface area contributed by atoms with Gasteiger partial charge < -0.3 is 10.1 Å². The summed E-state index contributed by atoms with van der Waals surface area (Å²) in [5, 5.41) is 1.84. The smallest absolute Gasteiger partial charge is 0.329 e. The lowest BCUT2D eigenvalue weighted by Crippen LogP contribution is -2.44. The van der Waals surface area contributed by atoms with E-state index in [1.54, 1.807) is 6.92 Å². The molecule has 0 saturated carbocycles. The summed E-state index contributed by atoms with van der Waals surface area (Å²) in [6.07, 6.45) is 0. The Labute approximate surface area is 203 Å². The average Bonchev–Trinajstić information content (AvgIpc) is 3.04. The first-order valence-electron chi connectivity index (χ1n) is 9.31. The summed E-state index contributed by atoms with van der Waals surface area (Å²) in [6, 6.07) is 7.54. The Hall–Kier alpha value is -2.32. The zero-order chi connectivity index (χ0) is 23.7. The van der Waals surface area contributed by atoms with Crippen LogP contribution < -0.4 is 5.32 Å². The second kappa shape index (κ2) is 9.67. The van der Waals surface area contributed by atoms with Crippen LogP contribution in [0.4, 0.5) is 0 Å². The number of ether oxygens (including phenoxy) is 1. The van der Waals surface area contributed by atoms with Gasteiger partial charge in [0.25, 0.3) is 17.7 Å². The Morgan fingerprint density at radius 1 is 0.906 bits per heavy atom. The molecule has 2 aromatic rings. The molecule has 1 N–H and O–H groups in total. The summed E-state index contributed by atoms with van der Waals surface area (Å²) in [6.45, 7) is 2.46. The predicted octanol–water partition coefficient (Wildman–Crippen LogP) is 4.71. The van der Waals surface area contributed by atoms with E-state index in [9.17, 15) is 19.2 Å². The predicted molar refractivity (Wildman–Crippen MR) is 120 cm³/mol. The average molecular weight is 518 g/mol. The Morgan fingerprint density at radius 3 is 1.91 bits per heavy atom. The van der Waals surface area contributed by atoms with Gasteiger partial charge in [-0.2, -0.15) is 0 Å². The van der Waals surface area contributed by atoms with Gasteiger partial charge in [-0.05, 0) is 19.4 Å². The first kappa shape index (κ1) is 24.3. The quantitative estimate of drug-likeness (QED) is 0.259. The zero-order valence-electron chi connectivity index (χ0n) is 16.7. The molecule has 0 aliphatic carbocycles. The number of halogens is 4. The van der Waals surface area contributed by atoms with Crippen molar-refractivity contribution >= 4 is 70.1 Å². The molecule has 168 valence electrons. The summed E-state index contributed by atoms with van der Waals surface area (Å²) < 4.78 is 5.00. The van der Waals surface area contributed by atoms with Gasteiger partial charge in [0.2, 0.25) is 0 Å². The van der Waals surface area contributed by atoms with Crippen LogP contribution >= 0.6 is 46.4 Å². The maximum atomic E-state index is 12.8. The highest BCUT2D eigenvalue weighted by molar-refractivity contribution is 6.55. The minimum atomic E-state index is -1.36. The number of imide groups is 1. The number of nitrogens with zero attached hydrogens (tertiary/aromatic N) is 1. The van der Waals surface area contributed by atoms with Gasteiger partial charge in [-0.3, -0.25) is 19.3 Å². The summed E-state index contributed by atoms with van der Waals surface area (Å²) in [7, 11) is 0. The summed E-state index contributed by atoms with van der Waals surface area (Å²) in [4.78, 5) is 50.9. The second-order valence-electron chi connectivity index (χ2n) is 6.97. The second-order valence-corrected chi connectivity index (χ2v) is 8.48. The lowest BCUT2D eigenvalue weighted by molar-refractivity contribution is -0.152.